The molecule has 124 valence electrons. The van der Waals surface area contributed by atoms with Gasteiger partial charge in [0.05, 0.1) is 6.20 Å². The zero-order valence-electron chi connectivity index (χ0n) is 14.0. The Kier molecular flexibility index (Phi) is 6.29. The summed E-state index contributed by atoms with van der Waals surface area (Å²) in [6.07, 6.45) is 2.71. The summed E-state index contributed by atoms with van der Waals surface area (Å²) in [7, 11) is 0. The van der Waals surface area contributed by atoms with Crippen LogP contribution in [0.3, 0.4) is 0 Å². The summed E-state index contributed by atoms with van der Waals surface area (Å²) >= 11 is 0. The lowest BCUT2D eigenvalue weighted by Gasteiger charge is -2.06. The smallest absolute Gasteiger partial charge is 0.277 e. The fraction of sp³-hybridized carbons (Fsp3) is 0.471. The van der Waals surface area contributed by atoms with E-state index in [4.69, 9.17) is 0 Å². The van der Waals surface area contributed by atoms with Crippen molar-refractivity contribution in [3.8, 4) is 0 Å². The van der Waals surface area contributed by atoms with Crippen molar-refractivity contribution >= 4 is 11.6 Å². The normalized spacial score (nSPS) is 11.0. The highest BCUT2D eigenvalue weighted by atomic mass is 16.2. The van der Waals surface area contributed by atoms with Crippen LogP contribution in [0, 0.1) is 5.92 Å². The van der Waals surface area contributed by atoms with Gasteiger partial charge >= 0.3 is 0 Å². The van der Waals surface area contributed by atoms with E-state index < -0.39 is 0 Å². The topological polar surface area (TPSA) is 71.8 Å². The first-order valence-electron chi connectivity index (χ1n) is 8.09. The highest BCUT2D eigenvalue weighted by molar-refractivity contribution is 6.02. The van der Waals surface area contributed by atoms with Gasteiger partial charge < -0.3 is 10.6 Å². The second-order valence-electron chi connectivity index (χ2n) is 5.98. The van der Waals surface area contributed by atoms with Crippen molar-refractivity contribution in [3.05, 3.63) is 41.7 Å². The van der Waals surface area contributed by atoms with Crippen molar-refractivity contribution in [3.63, 3.8) is 0 Å². The minimum absolute atomic E-state index is 0.235. The van der Waals surface area contributed by atoms with Crippen molar-refractivity contribution in [1.82, 2.24) is 20.3 Å². The van der Waals surface area contributed by atoms with E-state index in [1.165, 1.54) is 0 Å². The number of rotatable bonds is 8. The van der Waals surface area contributed by atoms with Crippen LogP contribution in [0.4, 0.5) is 5.69 Å². The van der Waals surface area contributed by atoms with Crippen LogP contribution in [0.1, 0.15) is 43.2 Å². The highest BCUT2D eigenvalue weighted by Gasteiger charge is 2.11. The number of amides is 1. The Balaban J connectivity index is 1.96. The Bertz CT molecular complexity index is 635. The summed E-state index contributed by atoms with van der Waals surface area (Å²) in [5.41, 5.74) is 2.23. The number of aromatic nitrogens is 3. The van der Waals surface area contributed by atoms with Gasteiger partial charge in [-0.15, -0.1) is 5.10 Å². The number of hydrogen-bond donors (Lipinski definition) is 2. The Morgan fingerprint density at radius 3 is 2.91 bits per heavy atom. The predicted octanol–water partition coefficient (Wildman–Crippen LogP) is 2.69. The summed E-state index contributed by atoms with van der Waals surface area (Å²) in [6, 6.07) is 7.79. The number of nitrogens with one attached hydrogen (secondary N) is 2. The molecule has 0 fully saturated rings. The third-order valence-corrected chi connectivity index (χ3v) is 3.47. The molecule has 0 aliphatic heterocycles. The standard InChI is InChI=1S/C17H25N5O/c1-4-18-11-14-6-5-7-15(10-14)19-17(23)16-12-22(21-20-16)9-8-13(2)3/h5-7,10,12-13,18H,4,8-9,11H2,1-3H3,(H,19,23). The lowest BCUT2D eigenvalue weighted by atomic mass is 10.1. The molecule has 2 aromatic rings. The molecular weight excluding hydrogens is 290 g/mol. The Labute approximate surface area is 137 Å². The average molecular weight is 315 g/mol. The predicted molar refractivity (Wildman–Crippen MR) is 91.3 cm³/mol. The zero-order valence-corrected chi connectivity index (χ0v) is 14.0. The molecule has 1 aromatic carbocycles. The maximum Gasteiger partial charge on any atom is 0.277 e. The van der Waals surface area contributed by atoms with Gasteiger partial charge in [0.1, 0.15) is 0 Å². The second kappa shape index (κ2) is 8.43. The largest absolute Gasteiger partial charge is 0.321 e. The van der Waals surface area contributed by atoms with Crippen LogP contribution in [0.25, 0.3) is 0 Å². The van der Waals surface area contributed by atoms with Gasteiger partial charge in [-0.1, -0.05) is 38.1 Å². The molecule has 0 bridgehead atoms. The quantitative estimate of drug-likeness (QED) is 0.785. The molecule has 1 heterocycles. The molecule has 0 aliphatic carbocycles. The molecule has 2 rings (SSSR count). The van der Waals surface area contributed by atoms with E-state index in [0.717, 1.165) is 37.3 Å². The highest BCUT2D eigenvalue weighted by Crippen LogP contribution is 2.12. The van der Waals surface area contributed by atoms with E-state index in [1.807, 2.05) is 24.3 Å². The van der Waals surface area contributed by atoms with Gasteiger partial charge in [0.15, 0.2) is 5.69 Å². The Morgan fingerprint density at radius 1 is 1.35 bits per heavy atom. The number of nitrogens with zero attached hydrogens (tertiary/aromatic N) is 3. The minimum atomic E-state index is -0.235. The van der Waals surface area contributed by atoms with Crippen LogP contribution < -0.4 is 10.6 Å². The minimum Gasteiger partial charge on any atom is -0.321 e. The first-order chi connectivity index (χ1) is 11.1. The molecule has 6 heteroatoms. The number of carbonyl (C=O) groups is 1. The number of aryl methyl sites for hydroxylation is 1. The third kappa shape index (κ3) is 5.49. The lowest BCUT2D eigenvalue weighted by molar-refractivity contribution is 0.102. The fourth-order valence-corrected chi connectivity index (χ4v) is 2.13. The van der Waals surface area contributed by atoms with Gasteiger partial charge in [0.25, 0.3) is 5.91 Å². The third-order valence-electron chi connectivity index (χ3n) is 3.47. The monoisotopic (exact) mass is 315 g/mol. The summed E-state index contributed by atoms with van der Waals surface area (Å²) in [6.45, 7) is 8.85. The summed E-state index contributed by atoms with van der Waals surface area (Å²) in [5, 5.41) is 14.1. The van der Waals surface area contributed by atoms with Crippen LogP contribution >= 0.6 is 0 Å². The molecule has 0 saturated heterocycles. The summed E-state index contributed by atoms with van der Waals surface area (Å²) < 4.78 is 1.72. The van der Waals surface area contributed by atoms with Crippen LogP contribution in [0.5, 0.6) is 0 Å². The maximum atomic E-state index is 12.2. The number of anilines is 1. The average Bonchev–Trinajstić information content (AvgIpc) is 3.00. The zero-order chi connectivity index (χ0) is 16.7. The second-order valence-corrected chi connectivity index (χ2v) is 5.98. The van der Waals surface area contributed by atoms with E-state index in [2.05, 4.69) is 41.7 Å². The molecule has 2 N–H and O–H groups in total. The van der Waals surface area contributed by atoms with E-state index in [1.54, 1.807) is 10.9 Å². The van der Waals surface area contributed by atoms with Crippen LogP contribution in [-0.4, -0.2) is 27.4 Å². The van der Waals surface area contributed by atoms with Gasteiger partial charge in [-0.3, -0.25) is 9.48 Å². The van der Waals surface area contributed by atoms with Gasteiger partial charge in [-0.2, -0.15) is 0 Å². The molecule has 0 radical (unpaired) electrons. The van der Waals surface area contributed by atoms with Gasteiger partial charge in [0, 0.05) is 18.8 Å². The number of benzene rings is 1. The van der Waals surface area contributed by atoms with E-state index >= 15 is 0 Å². The van der Waals surface area contributed by atoms with Crippen LogP contribution in [-0.2, 0) is 13.1 Å². The summed E-state index contributed by atoms with van der Waals surface area (Å²) in [4.78, 5) is 12.2. The van der Waals surface area contributed by atoms with Crippen molar-refractivity contribution < 1.29 is 4.79 Å². The number of hydrogen-bond acceptors (Lipinski definition) is 4. The molecule has 0 aliphatic rings. The molecule has 23 heavy (non-hydrogen) atoms. The fourth-order valence-electron chi connectivity index (χ4n) is 2.13. The summed E-state index contributed by atoms with van der Waals surface area (Å²) in [5.74, 6) is 0.359. The molecular formula is C17H25N5O. The van der Waals surface area contributed by atoms with Crippen molar-refractivity contribution in [2.75, 3.05) is 11.9 Å². The molecule has 0 unspecified atom stereocenters. The molecule has 0 spiro atoms. The first kappa shape index (κ1) is 17.1. The van der Waals surface area contributed by atoms with E-state index in [0.29, 0.717) is 11.6 Å². The molecule has 1 amide bonds. The molecule has 0 atom stereocenters. The van der Waals surface area contributed by atoms with Crippen molar-refractivity contribution in [1.29, 1.82) is 0 Å². The molecule has 6 nitrogen and oxygen atoms in total. The SMILES string of the molecule is CCNCc1cccc(NC(=O)c2cn(CCC(C)C)nn2)c1. The van der Waals surface area contributed by atoms with Crippen molar-refractivity contribution in [2.45, 2.75) is 40.3 Å². The van der Waals surface area contributed by atoms with Crippen LogP contribution in [0.15, 0.2) is 30.5 Å². The van der Waals surface area contributed by atoms with E-state index in [-0.39, 0.29) is 5.91 Å². The van der Waals surface area contributed by atoms with Gasteiger partial charge in [-0.05, 0) is 36.6 Å². The lowest BCUT2D eigenvalue weighted by Crippen LogP contribution is -2.14. The Morgan fingerprint density at radius 2 is 2.17 bits per heavy atom. The van der Waals surface area contributed by atoms with Gasteiger partial charge in [0.2, 0.25) is 0 Å². The van der Waals surface area contributed by atoms with Gasteiger partial charge in [-0.25, -0.2) is 0 Å². The van der Waals surface area contributed by atoms with E-state index in [9.17, 15) is 4.79 Å². The first-order valence-corrected chi connectivity index (χ1v) is 8.09. The maximum absolute atomic E-state index is 12.2. The Hall–Kier alpha value is -2.21. The van der Waals surface area contributed by atoms with Crippen molar-refractivity contribution in [2.24, 2.45) is 5.92 Å². The molecule has 1 aromatic heterocycles. The molecule has 0 saturated carbocycles. The van der Waals surface area contributed by atoms with Crippen LogP contribution in [0.2, 0.25) is 0 Å². The number of carbonyl (C=O) groups excluding carboxylic acids is 1.